The molecular weight excluding hydrogens is 241 g/mol. The Morgan fingerprint density at radius 2 is 1.75 bits per heavy atom. The maximum Gasteiger partial charge on any atom is 0.431 e. The van der Waals surface area contributed by atoms with Gasteiger partial charge in [-0.05, 0) is 18.2 Å². The van der Waals surface area contributed by atoms with Crippen LogP contribution in [0.5, 0.6) is 0 Å². The van der Waals surface area contributed by atoms with Gasteiger partial charge in [0.15, 0.2) is 0 Å². The monoisotopic (exact) mass is 248 g/mol. The molecule has 0 amide bonds. The third-order valence-electron chi connectivity index (χ3n) is 1.52. The lowest BCUT2D eigenvalue weighted by molar-refractivity contribution is -0.140. The second-order valence-electron chi connectivity index (χ2n) is 2.75. The number of hydrogen-bond acceptors (Lipinski definition) is 1. The van der Waals surface area contributed by atoms with Gasteiger partial charge in [-0.25, -0.2) is 0 Å². The largest absolute Gasteiger partial charge is 0.431 e. The summed E-state index contributed by atoms with van der Waals surface area (Å²) in [5, 5.41) is 0.0623. The number of nitrogens with zero attached hydrogens (tertiary/aromatic N) is 1. The molecule has 0 fully saturated rings. The van der Waals surface area contributed by atoms with Crippen molar-refractivity contribution in [1.29, 1.82) is 0 Å². The van der Waals surface area contributed by atoms with E-state index in [1.165, 1.54) is 0 Å². The zero-order valence-corrected chi connectivity index (χ0v) is 8.76. The Morgan fingerprint density at radius 1 is 1.12 bits per heavy atom. The van der Waals surface area contributed by atoms with E-state index in [1.807, 2.05) is 23.2 Å². The smallest absolute Gasteiger partial charge is 0.356 e. The number of aromatic amines is 1. The van der Waals surface area contributed by atoms with Gasteiger partial charge < -0.3 is 4.98 Å². The number of hydrogen-bond donors (Lipinski definition) is 1. The topological polar surface area (TPSA) is 28.7 Å². The summed E-state index contributed by atoms with van der Waals surface area (Å²) in [4.78, 5) is 5.77. The summed E-state index contributed by atoms with van der Waals surface area (Å²) in [5.41, 5.74) is -0.822. The first-order valence-electron chi connectivity index (χ1n) is 4.26. The fourth-order valence-electron chi connectivity index (χ4n) is 0.844. The van der Waals surface area contributed by atoms with Crippen molar-refractivity contribution >= 4 is 11.6 Å². The molecule has 6 heteroatoms. The molecule has 0 aromatic carbocycles. The van der Waals surface area contributed by atoms with E-state index in [0.29, 0.717) is 0 Å². The average molecular weight is 249 g/mol. The van der Waals surface area contributed by atoms with Crippen LogP contribution in [0.3, 0.4) is 0 Å². The fourth-order valence-corrected chi connectivity index (χ4v) is 1.01. The van der Waals surface area contributed by atoms with E-state index in [4.69, 9.17) is 11.6 Å². The maximum atomic E-state index is 11.7. The van der Waals surface area contributed by atoms with Gasteiger partial charge in [0.05, 0.1) is 5.02 Å². The van der Waals surface area contributed by atoms with Gasteiger partial charge in [-0.1, -0.05) is 17.7 Å². The summed E-state index contributed by atoms with van der Waals surface area (Å²) >= 11 is 5.24. The molecule has 16 heavy (non-hydrogen) atoms. The molecule has 0 atom stereocenters. The Bertz CT molecular complexity index is 385. The lowest BCUT2D eigenvalue weighted by Gasteiger charge is -2.00. The molecular formula is C10H8ClF3N2. The molecule has 0 aliphatic heterocycles. The fraction of sp³-hybridized carbons (Fsp3) is 0.100. The zero-order valence-electron chi connectivity index (χ0n) is 8.00. The third-order valence-corrected chi connectivity index (χ3v) is 1.74. The lowest BCUT2D eigenvalue weighted by atomic mass is 10.4. The van der Waals surface area contributed by atoms with Gasteiger partial charge in [0, 0.05) is 18.6 Å². The Labute approximate surface area is 95.1 Å². The molecule has 0 aliphatic rings. The molecule has 86 valence electrons. The Balaban J connectivity index is 0.000000181. The van der Waals surface area contributed by atoms with Crippen molar-refractivity contribution in [3.05, 3.63) is 53.6 Å². The second kappa shape index (κ2) is 5.55. The lowest BCUT2D eigenvalue weighted by Crippen LogP contribution is -2.04. The highest BCUT2D eigenvalue weighted by atomic mass is 35.5. The Kier molecular flexibility index (Phi) is 4.37. The van der Waals surface area contributed by atoms with Crippen molar-refractivity contribution in [3.63, 3.8) is 0 Å². The number of alkyl halides is 3. The summed E-state index contributed by atoms with van der Waals surface area (Å²) in [6, 6.07) is 6.55. The molecule has 2 nitrogen and oxygen atoms in total. The van der Waals surface area contributed by atoms with Crippen LogP contribution in [0.15, 0.2) is 42.9 Å². The highest BCUT2D eigenvalue weighted by Gasteiger charge is 2.31. The van der Waals surface area contributed by atoms with Crippen LogP contribution in [0.25, 0.3) is 0 Å². The van der Waals surface area contributed by atoms with Gasteiger partial charge in [-0.3, -0.25) is 4.98 Å². The molecule has 0 saturated carbocycles. The minimum absolute atomic E-state index is 0.0623. The SMILES string of the molecule is FC(F)(F)c1cc(Cl)c[nH]1.c1ccncc1. The first-order chi connectivity index (χ1) is 7.50. The van der Waals surface area contributed by atoms with Gasteiger partial charge in [0.25, 0.3) is 0 Å². The number of nitrogens with one attached hydrogen (secondary N) is 1. The van der Waals surface area contributed by atoms with E-state index in [0.717, 1.165) is 12.3 Å². The van der Waals surface area contributed by atoms with E-state index in [-0.39, 0.29) is 5.02 Å². The number of halogens is 4. The van der Waals surface area contributed by atoms with E-state index < -0.39 is 11.9 Å². The summed E-state index contributed by atoms with van der Waals surface area (Å²) in [6.45, 7) is 0. The van der Waals surface area contributed by atoms with E-state index >= 15 is 0 Å². The standard InChI is InChI=1S/C5H3ClF3N.C5H5N/c6-3-1-4(10-2-3)5(7,8)9;1-2-4-6-5-3-1/h1-2,10H;1-5H. The van der Waals surface area contributed by atoms with E-state index in [9.17, 15) is 13.2 Å². The van der Waals surface area contributed by atoms with Crippen molar-refractivity contribution in [2.24, 2.45) is 0 Å². The molecule has 0 bridgehead atoms. The Morgan fingerprint density at radius 3 is 1.94 bits per heavy atom. The molecule has 2 aromatic heterocycles. The molecule has 2 rings (SSSR count). The van der Waals surface area contributed by atoms with Crippen LogP contribution in [0.2, 0.25) is 5.02 Å². The number of pyridine rings is 1. The average Bonchev–Trinajstić information content (AvgIpc) is 2.68. The highest BCUT2D eigenvalue weighted by Crippen LogP contribution is 2.29. The van der Waals surface area contributed by atoms with Crippen LogP contribution >= 0.6 is 11.6 Å². The summed E-state index contributed by atoms with van der Waals surface area (Å²) in [7, 11) is 0. The zero-order chi connectivity index (χ0) is 12.0. The molecule has 0 spiro atoms. The number of H-pyrrole nitrogens is 1. The van der Waals surface area contributed by atoms with Gasteiger partial charge in [-0.15, -0.1) is 0 Å². The van der Waals surface area contributed by atoms with Gasteiger partial charge in [0.1, 0.15) is 5.69 Å². The van der Waals surface area contributed by atoms with Crippen LogP contribution < -0.4 is 0 Å². The van der Waals surface area contributed by atoms with Gasteiger partial charge >= 0.3 is 6.18 Å². The van der Waals surface area contributed by atoms with E-state index in [2.05, 4.69) is 4.98 Å². The Hall–Kier alpha value is -1.49. The molecule has 0 unspecified atom stereocenters. The predicted octanol–water partition coefficient (Wildman–Crippen LogP) is 3.77. The van der Waals surface area contributed by atoms with Crippen molar-refractivity contribution in [2.75, 3.05) is 0 Å². The molecule has 0 saturated heterocycles. The summed E-state index contributed by atoms with van der Waals surface area (Å²) < 4.78 is 35.1. The number of rotatable bonds is 0. The maximum absolute atomic E-state index is 11.7. The summed E-state index contributed by atoms with van der Waals surface area (Å²) in [6.07, 6.45) is 0.261. The van der Waals surface area contributed by atoms with Crippen molar-refractivity contribution in [1.82, 2.24) is 9.97 Å². The van der Waals surface area contributed by atoms with Crippen LogP contribution in [-0.2, 0) is 6.18 Å². The van der Waals surface area contributed by atoms with E-state index in [1.54, 1.807) is 12.4 Å². The van der Waals surface area contributed by atoms with Crippen LogP contribution in [0, 0.1) is 0 Å². The normalized spacial score (nSPS) is 10.5. The van der Waals surface area contributed by atoms with Gasteiger partial charge in [-0.2, -0.15) is 13.2 Å². The van der Waals surface area contributed by atoms with Crippen molar-refractivity contribution in [3.8, 4) is 0 Å². The summed E-state index contributed by atoms with van der Waals surface area (Å²) in [5.74, 6) is 0. The molecule has 0 radical (unpaired) electrons. The van der Waals surface area contributed by atoms with Crippen molar-refractivity contribution in [2.45, 2.75) is 6.18 Å². The molecule has 1 N–H and O–H groups in total. The van der Waals surface area contributed by atoms with Gasteiger partial charge in [0.2, 0.25) is 0 Å². The van der Waals surface area contributed by atoms with Crippen LogP contribution in [0.4, 0.5) is 13.2 Å². The first-order valence-corrected chi connectivity index (χ1v) is 4.64. The second-order valence-corrected chi connectivity index (χ2v) is 3.19. The third kappa shape index (κ3) is 4.35. The predicted molar refractivity (Wildman–Crippen MR) is 55.0 cm³/mol. The molecule has 0 aliphatic carbocycles. The minimum atomic E-state index is -4.33. The molecule has 2 aromatic rings. The quantitative estimate of drug-likeness (QED) is 0.755. The van der Waals surface area contributed by atoms with Crippen LogP contribution in [0.1, 0.15) is 5.69 Å². The van der Waals surface area contributed by atoms with Crippen LogP contribution in [-0.4, -0.2) is 9.97 Å². The molecule has 2 heterocycles. The van der Waals surface area contributed by atoms with Crippen molar-refractivity contribution < 1.29 is 13.2 Å². The number of aromatic nitrogens is 2. The minimum Gasteiger partial charge on any atom is -0.356 e. The highest BCUT2D eigenvalue weighted by molar-refractivity contribution is 6.30. The first kappa shape index (κ1) is 12.6.